The number of methoxy groups -OCH3 is 2. The predicted molar refractivity (Wildman–Crippen MR) is 117 cm³/mol. The highest BCUT2D eigenvalue weighted by Gasteiger charge is 2.09. The number of fused-ring (bicyclic) bond motifs is 1. The van der Waals surface area contributed by atoms with Gasteiger partial charge in [-0.25, -0.2) is 10.4 Å². The Morgan fingerprint density at radius 1 is 1.17 bits per heavy atom. The van der Waals surface area contributed by atoms with Gasteiger partial charge < -0.3 is 9.47 Å². The highest BCUT2D eigenvalue weighted by molar-refractivity contribution is 7.99. The van der Waals surface area contributed by atoms with Gasteiger partial charge in [0, 0.05) is 10.9 Å². The molecule has 0 fully saturated rings. The Labute approximate surface area is 174 Å². The zero-order chi connectivity index (χ0) is 20.8. The van der Waals surface area contributed by atoms with Crippen LogP contribution in [0.15, 0.2) is 52.6 Å². The van der Waals surface area contributed by atoms with E-state index in [1.165, 1.54) is 23.5 Å². The number of thioether (sulfide) groups is 1. The SMILES string of the molecule is COc1cccc(/C=N/NC(=O)CSc2cc(C)c3cc(C)ccc3n2)c1OC. The maximum Gasteiger partial charge on any atom is 0.250 e. The second kappa shape index (κ2) is 9.43. The van der Waals surface area contributed by atoms with Gasteiger partial charge in [0.2, 0.25) is 5.91 Å². The van der Waals surface area contributed by atoms with Gasteiger partial charge in [-0.05, 0) is 49.7 Å². The molecule has 0 saturated heterocycles. The number of aryl methyl sites for hydroxylation is 2. The molecule has 0 spiro atoms. The fourth-order valence-corrected chi connectivity index (χ4v) is 3.68. The normalized spacial score (nSPS) is 11.0. The molecular weight excluding hydrogens is 386 g/mol. The topological polar surface area (TPSA) is 72.8 Å². The summed E-state index contributed by atoms with van der Waals surface area (Å²) in [6, 6.07) is 13.6. The summed E-state index contributed by atoms with van der Waals surface area (Å²) in [5.41, 5.74) is 6.52. The molecule has 1 amide bonds. The summed E-state index contributed by atoms with van der Waals surface area (Å²) in [5.74, 6) is 1.17. The molecule has 0 atom stereocenters. The quantitative estimate of drug-likeness (QED) is 0.361. The smallest absolute Gasteiger partial charge is 0.250 e. The average Bonchev–Trinajstić information content (AvgIpc) is 2.72. The summed E-state index contributed by atoms with van der Waals surface area (Å²) in [5, 5.41) is 5.97. The lowest BCUT2D eigenvalue weighted by atomic mass is 10.1. The molecule has 3 aromatic rings. The molecule has 0 aliphatic heterocycles. The van der Waals surface area contributed by atoms with Crippen LogP contribution in [0.2, 0.25) is 0 Å². The number of hydrogen-bond donors (Lipinski definition) is 1. The first-order valence-electron chi connectivity index (χ1n) is 9.05. The molecule has 0 unspecified atom stereocenters. The highest BCUT2D eigenvalue weighted by atomic mass is 32.2. The van der Waals surface area contributed by atoms with Gasteiger partial charge in [0.05, 0.1) is 36.7 Å². The monoisotopic (exact) mass is 409 g/mol. The molecule has 1 N–H and O–H groups in total. The van der Waals surface area contributed by atoms with E-state index in [1.54, 1.807) is 20.3 Å². The number of hydrogen-bond acceptors (Lipinski definition) is 6. The molecule has 2 aromatic carbocycles. The van der Waals surface area contributed by atoms with Crippen molar-refractivity contribution in [1.82, 2.24) is 10.4 Å². The van der Waals surface area contributed by atoms with Gasteiger partial charge in [-0.3, -0.25) is 4.79 Å². The maximum atomic E-state index is 12.1. The first-order valence-corrected chi connectivity index (χ1v) is 10.0. The van der Waals surface area contributed by atoms with Gasteiger partial charge in [-0.1, -0.05) is 29.5 Å². The van der Waals surface area contributed by atoms with Gasteiger partial charge >= 0.3 is 0 Å². The Balaban J connectivity index is 1.61. The van der Waals surface area contributed by atoms with Crippen molar-refractivity contribution in [2.45, 2.75) is 18.9 Å². The number of hydrazone groups is 1. The minimum atomic E-state index is -0.212. The minimum Gasteiger partial charge on any atom is -0.493 e. The van der Waals surface area contributed by atoms with Crippen molar-refractivity contribution in [3.8, 4) is 11.5 Å². The molecule has 6 nitrogen and oxygen atoms in total. The van der Waals surface area contributed by atoms with Crippen LogP contribution >= 0.6 is 11.8 Å². The van der Waals surface area contributed by atoms with Crippen molar-refractivity contribution in [1.29, 1.82) is 0 Å². The fourth-order valence-electron chi connectivity index (χ4n) is 2.91. The minimum absolute atomic E-state index is 0.212. The van der Waals surface area contributed by atoms with E-state index in [4.69, 9.17) is 9.47 Å². The number of nitrogens with one attached hydrogen (secondary N) is 1. The van der Waals surface area contributed by atoms with Crippen molar-refractivity contribution in [2.24, 2.45) is 5.10 Å². The lowest BCUT2D eigenvalue weighted by molar-refractivity contribution is -0.118. The second-order valence-corrected chi connectivity index (χ2v) is 7.46. The summed E-state index contributed by atoms with van der Waals surface area (Å²) >= 11 is 1.38. The van der Waals surface area contributed by atoms with Gasteiger partial charge in [0.15, 0.2) is 11.5 Å². The van der Waals surface area contributed by atoms with Crippen LogP contribution in [-0.2, 0) is 4.79 Å². The summed E-state index contributed by atoms with van der Waals surface area (Å²) in [7, 11) is 3.13. The third kappa shape index (κ3) is 5.06. The van der Waals surface area contributed by atoms with E-state index < -0.39 is 0 Å². The Morgan fingerprint density at radius 2 is 2.00 bits per heavy atom. The zero-order valence-electron chi connectivity index (χ0n) is 16.9. The van der Waals surface area contributed by atoms with Crippen LogP contribution in [0.5, 0.6) is 11.5 Å². The summed E-state index contributed by atoms with van der Waals surface area (Å²) in [4.78, 5) is 16.8. The van der Waals surface area contributed by atoms with E-state index >= 15 is 0 Å². The van der Waals surface area contributed by atoms with Crippen molar-refractivity contribution in [2.75, 3.05) is 20.0 Å². The standard InChI is InChI=1S/C22H23N3O3S/c1-14-8-9-18-17(10-14)15(2)11-21(24-18)29-13-20(26)25-23-12-16-6-5-7-19(27-3)22(16)28-4/h5-12H,13H2,1-4H3,(H,25,26)/b23-12+. The Kier molecular flexibility index (Phi) is 6.72. The maximum absolute atomic E-state index is 12.1. The van der Waals surface area contributed by atoms with Crippen LogP contribution in [0.4, 0.5) is 0 Å². The number of rotatable bonds is 7. The van der Waals surface area contributed by atoms with E-state index in [0.29, 0.717) is 17.1 Å². The van der Waals surface area contributed by atoms with E-state index in [9.17, 15) is 4.79 Å². The van der Waals surface area contributed by atoms with E-state index in [0.717, 1.165) is 21.5 Å². The van der Waals surface area contributed by atoms with Crippen molar-refractivity contribution >= 4 is 34.8 Å². The molecule has 0 bridgehead atoms. The molecule has 29 heavy (non-hydrogen) atoms. The molecular formula is C22H23N3O3S. The molecule has 1 aromatic heterocycles. The molecule has 0 aliphatic rings. The van der Waals surface area contributed by atoms with Gasteiger partial charge in [-0.15, -0.1) is 0 Å². The number of aromatic nitrogens is 1. The number of benzene rings is 2. The number of carbonyl (C=O) groups is 1. The molecule has 150 valence electrons. The van der Waals surface area contributed by atoms with Crippen molar-refractivity contribution in [3.05, 3.63) is 59.2 Å². The van der Waals surface area contributed by atoms with Crippen LogP contribution in [-0.4, -0.2) is 37.1 Å². The molecule has 7 heteroatoms. The average molecular weight is 410 g/mol. The van der Waals surface area contributed by atoms with Crippen molar-refractivity contribution < 1.29 is 14.3 Å². The third-order valence-corrected chi connectivity index (χ3v) is 5.24. The molecule has 3 rings (SSSR count). The summed E-state index contributed by atoms with van der Waals surface area (Å²) in [6.45, 7) is 4.12. The number of para-hydroxylation sites is 1. The van der Waals surface area contributed by atoms with Crippen molar-refractivity contribution in [3.63, 3.8) is 0 Å². The van der Waals surface area contributed by atoms with E-state index in [1.807, 2.05) is 30.3 Å². The van der Waals surface area contributed by atoms with Crippen LogP contribution in [0, 0.1) is 13.8 Å². The summed E-state index contributed by atoms with van der Waals surface area (Å²) < 4.78 is 10.6. The van der Waals surface area contributed by atoms with Gasteiger partial charge in [0.1, 0.15) is 0 Å². The Hall–Kier alpha value is -3.06. The molecule has 0 aliphatic carbocycles. The van der Waals surface area contributed by atoms with E-state index in [2.05, 4.69) is 35.4 Å². The Morgan fingerprint density at radius 3 is 2.76 bits per heavy atom. The molecule has 0 radical (unpaired) electrons. The lowest BCUT2D eigenvalue weighted by Gasteiger charge is -2.09. The first-order chi connectivity index (χ1) is 14.0. The zero-order valence-corrected chi connectivity index (χ0v) is 17.7. The number of pyridine rings is 1. The number of nitrogens with zero attached hydrogens (tertiary/aromatic N) is 2. The first kappa shape index (κ1) is 20.7. The number of carbonyl (C=O) groups excluding carboxylic acids is 1. The van der Waals surface area contributed by atoms with Crippen LogP contribution in [0.25, 0.3) is 10.9 Å². The molecule has 0 saturated carbocycles. The fraction of sp³-hybridized carbons (Fsp3) is 0.227. The van der Waals surface area contributed by atoms with Gasteiger partial charge in [-0.2, -0.15) is 5.10 Å². The largest absolute Gasteiger partial charge is 0.493 e. The van der Waals surface area contributed by atoms with Crippen LogP contribution in [0.3, 0.4) is 0 Å². The van der Waals surface area contributed by atoms with E-state index in [-0.39, 0.29) is 11.7 Å². The lowest BCUT2D eigenvalue weighted by Crippen LogP contribution is -2.19. The van der Waals surface area contributed by atoms with Crippen LogP contribution in [0.1, 0.15) is 16.7 Å². The van der Waals surface area contributed by atoms with Gasteiger partial charge in [0.25, 0.3) is 0 Å². The Bertz CT molecular complexity index is 1070. The number of ether oxygens (including phenoxy) is 2. The number of amides is 1. The second-order valence-electron chi connectivity index (χ2n) is 6.46. The molecule has 1 heterocycles. The summed E-state index contributed by atoms with van der Waals surface area (Å²) in [6.07, 6.45) is 1.53. The predicted octanol–water partition coefficient (Wildman–Crippen LogP) is 4.11. The highest BCUT2D eigenvalue weighted by Crippen LogP contribution is 2.29. The van der Waals surface area contributed by atoms with Crippen LogP contribution < -0.4 is 14.9 Å². The third-order valence-electron chi connectivity index (χ3n) is 4.32.